The molecule has 0 bridgehead atoms. The minimum atomic E-state index is -1.74. The maximum atomic E-state index is 13.1. The van der Waals surface area contributed by atoms with Crippen molar-refractivity contribution in [1.82, 2.24) is 20.0 Å². The maximum Gasteiger partial charge on any atom is 0.254 e. The molecule has 0 N–H and O–H groups in total. The second-order valence-corrected chi connectivity index (χ2v) is 2.52. The van der Waals surface area contributed by atoms with Crippen molar-refractivity contribution in [3.8, 4) is 5.69 Å². The lowest BCUT2D eigenvalue weighted by Gasteiger charge is -2.04. The molecule has 0 aliphatic carbocycles. The van der Waals surface area contributed by atoms with Crippen LogP contribution in [0.2, 0.25) is 0 Å². The Bertz CT molecular complexity index is 470. The van der Waals surface area contributed by atoms with Gasteiger partial charge in [0.25, 0.3) is 11.9 Å². The van der Waals surface area contributed by atoms with E-state index in [1.54, 1.807) is 0 Å². The van der Waals surface area contributed by atoms with Gasteiger partial charge in [0.1, 0.15) is 5.69 Å². The van der Waals surface area contributed by atoms with Gasteiger partial charge >= 0.3 is 0 Å². The average molecular weight is 218 g/mol. The van der Waals surface area contributed by atoms with E-state index in [9.17, 15) is 17.6 Å². The third-order valence-corrected chi connectivity index (χ3v) is 1.63. The lowest BCUT2D eigenvalue weighted by atomic mass is 10.3. The van der Waals surface area contributed by atoms with Crippen molar-refractivity contribution >= 4 is 0 Å². The first kappa shape index (κ1) is 9.56. The number of rotatable bonds is 1. The number of pyridine rings is 1. The molecule has 0 radical (unpaired) electrons. The molecule has 0 aliphatic rings. The summed E-state index contributed by atoms with van der Waals surface area (Å²) < 4.78 is 52.0. The summed E-state index contributed by atoms with van der Waals surface area (Å²) in [7, 11) is 0. The zero-order chi connectivity index (χ0) is 11.0. The fraction of sp³-hybridized carbons (Fsp3) is 0. The van der Waals surface area contributed by atoms with Crippen LogP contribution in [0.5, 0.6) is 0 Å². The van der Waals surface area contributed by atoms with E-state index < -0.39 is 29.2 Å². The number of nitrogens with zero attached hydrogens (tertiary/aromatic N) is 4. The minimum Gasteiger partial charge on any atom is -0.214 e. The minimum absolute atomic E-state index is 0.568. The summed E-state index contributed by atoms with van der Waals surface area (Å²) in [6.45, 7) is 0. The molecule has 0 amide bonds. The van der Waals surface area contributed by atoms with Crippen LogP contribution in [0.25, 0.3) is 5.69 Å². The smallest absolute Gasteiger partial charge is 0.214 e. The maximum absolute atomic E-state index is 13.1. The van der Waals surface area contributed by atoms with Gasteiger partial charge in [-0.05, 0) is 0 Å². The molecule has 4 nitrogen and oxygen atoms in total. The molecule has 2 aromatic rings. The van der Waals surface area contributed by atoms with Gasteiger partial charge in [-0.15, -0.1) is 5.10 Å². The topological polar surface area (TPSA) is 43.6 Å². The van der Waals surface area contributed by atoms with Crippen LogP contribution < -0.4 is 0 Å². The normalized spacial score (nSPS) is 10.7. The Hall–Kier alpha value is -1.99. The Labute approximate surface area is 80.2 Å². The predicted molar refractivity (Wildman–Crippen MR) is 39.0 cm³/mol. The van der Waals surface area contributed by atoms with E-state index in [-0.39, 0.29) is 0 Å². The summed E-state index contributed by atoms with van der Waals surface area (Å²) >= 11 is 0. The molecule has 0 unspecified atom stereocenters. The molecule has 2 rings (SSSR count). The second-order valence-electron chi connectivity index (χ2n) is 2.52. The molecule has 15 heavy (non-hydrogen) atoms. The van der Waals surface area contributed by atoms with Crippen molar-refractivity contribution in [3.05, 3.63) is 35.9 Å². The van der Waals surface area contributed by atoms with Crippen LogP contribution in [0.15, 0.2) is 12.4 Å². The summed E-state index contributed by atoms with van der Waals surface area (Å²) in [5.74, 6) is -6.72. The van der Waals surface area contributed by atoms with Gasteiger partial charge in [0, 0.05) is 0 Å². The average Bonchev–Trinajstić information content (AvgIpc) is 2.69. The van der Waals surface area contributed by atoms with Crippen molar-refractivity contribution in [2.75, 3.05) is 0 Å². The standard InChI is InChI=1S/C7H2F4N4/c8-3-5(15-2-1-12-14-15)4(9)7(11)13-6(3)10/h1-2H. The van der Waals surface area contributed by atoms with Crippen LogP contribution in [-0.2, 0) is 0 Å². The molecule has 0 saturated carbocycles. The van der Waals surface area contributed by atoms with E-state index >= 15 is 0 Å². The van der Waals surface area contributed by atoms with Crippen LogP contribution in [-0.4, -0.2) is 20.0 Å². The monoisotopic (exact) mass is 218 g/mol. The lowest BCUT2D eigenvalue weighted by molar-refractivity contribution is 0.399. The Balaban J connectivity index is 2.75. The van der Waals surface area contributed by atoms with Crippen molar-refractivity contribution < 1.29 is 17.6 Å². The van der Waals surface area contributed by atoms with Gasteiger partial charge in [0.15, 0.2) is 0 Å². The van der Waals surface area contributed by atoms with E-state index in [0.29, 0.717) is 4.68 Å². The Morgan fingerprint density at radius 3 is 2.07 bits per heavy atom. The molecule has 0 spiro atoms. The molecule has 78 valence electrons. The van der Waals surface area contributed by atoms with E-state index in [4.69, 9.17) is 0 Å². The Morgan fingerprint density at radius 1 is 1.00 bits per heavy atom. The molecular weight excluding hydrogens is 216 g/mol. The van der Waals surface area contributed by atoms with E-state index in [0.717, 1.165) is 12.4 Å². The quantitative estimate of drug-likeness (QED) is 0.534. The molecule has 8 heteroatoms. The summed E-state index contributed by atoms with van der Waals surface area (Å²) in [6.07, 6.45) is 2.15. The number of hydrogen-bond acceptors (Lipinski definition) is 3. The Kier molecular flexibility index (Phi) is 2.10. The summed E-state index contributed by atoms with van der Waals surface area (Å²) in [5, 5.41) is 6.47. The zero-order valence-electron chi connectivity index (χ0n) is 6.96. The molecule has 0 atom stereocenters. The number of hydrogen-bond donors (Lipinski definition) is 0. The van der Waals surface area contributed by atoms with Gasteiger partial charge in [-0.3, -0.25) is 0 Å². The van der Waals surface area contributed by atoms with Crippen molar-refractivity contribution in [3.63, 3.8) is 0 Å². The van der Waals surface area contributed by atoms with Crippen LogP contribution in [0.4, 0.5) is 17.6 Å². The number of aromatic nitrogens is 4. The molecule has 2 aromatic heterocycles. The van der Waals surface area contributed by atoms with Gasteiger partial charge in [0.2, 0.25) is 11.6 Å². The summed E-state index contributed by atoms with van der Waals surface area (Å²) in [5.41, 5.74) is -0.988. The highest BCUT2D eigenvalue weighted by Crippen LogP contribution is 2.19. The van der Waals surface area contributed by atoms with Crippen LogP contribution in [0, 0.1) is 23.5 Å². The summed E-state index contributed by atoms with van der Waals surface area (Å²) in [4.78, 5) is 2.40. The predicted octanol–water partition coefficient (Wildman–Crippen LogP) is 1.22. The van der Waals surface area contributed by atoms with Crippen LogP contribution >= 0.6 is 0 Å². The van der Waals surface area contributed by atoms with Gasteiger partial charge < -0.3 is 0 Å². The van der Waals surface area contributed by atoms with Gasteiger partial charge in [-0.1, -0.05) is 5.21 Å². The first-order chi connectivity index (χ1) is 7.11. The third kappa shape index (κ3) is 1.43. The van der Waals surface area contributed by atoms with Gasteiger partial charge in [-0.2, -0.15) is 22.5 Å². The van der Waals surface area contributed by atoms with E-state index in [2.05, 4.69) is 15.3 Å². The SMILES string of the molecule is Fc1nc(F)c(F)c(-n2ccnn2)c1F. The third-order valence-electron chi connectivity index (χ3n) is 1.63. The zero-order valence-corrected chi connectivity index (χ0v) is 6.96. The van der Waals surface area contributed by atoms with Crippen molar-refractivity contribution in [2.45, 2.75) is 0 Å². The highest BCUT2D eigenvalue weighted by Gasteiger charge is 2.22. The molecule has 0 fully saturated rings. The van der Waals surface area contributed by atoms with Gasteiger partial charge in [0.05, 0.1) is 12.4 Å². The number of halogens is 4. The highest BCUT2D eigenvalue weighted by atomic mass is 19.2. The molecule has 0 aromatic carbocycles. The molecule has 0 saturated heterocycles. The van der Waals surface area contributed by atoms with Crippen LogP contribution in [0.3, 0.4) is 0 Å². The van der Waals surface area contributed by atoms with E-state index in [1.165, 1.54) is 0 Å². The highest BCUT2D eigenvalue weighted by molar-refractivity contribution is 5.32. The fourth-order valence-electron chi connectivity index (χ4n) is 1.00. The molecule has 0 aliphatic heterocycles. The van der Waals surface area contributed by atoms with Gasteiger partial charge in [-0.25, -0.2) is 4.68 Å². The molecule has 2 heterocycles. The first-order valence-corrected chi connectivity index (χ1v) is 3.68. The lowest BCUT2D eigenvalue weighted by Crippen LogP contribution is -2.09. The van der Waals surface area contributed by atoms with Crippen LogP contribution in [0.1, 0.15) is 0 Å². The Morgan fingerprint density at radius 2 is 1.60 bits per heavy atom. The van der Waals surface area contributed by atoms with E-state index in [1.807, 2.05) is 0 Å². The molecular formula is C7H2F4N4. The summed E-state index contributed by atoms with van der Waals surface area (Å²) in [6, 6.07) is 0. The fourth-order valence-corrected chi connectivity index (χ4v) is 1.00. The van der Waals surface area contributed by atoms with Crippen molar-refractivity contribution in [1.29, 1.82) is 0 Å². The second kappa shape index (κ2) is 3.30. The first-order valence-electron chi connectivity index (χ1n) is 3.68. The van der Waals surface area contributed by atoms with Crippen molar-refractivity contribution in [2.24, 2.45) is 0 Å². The largest absolute Gasteiger partial charge is 0.254 e.